The molecule has 2 unspecified atom stereocenters. The van der Waals surface area contributed by atoms with E-state index >= 15 is 0 Å². The zero-order chi connectivity index (χ0) is 14.7. The van der Waals surface area contributed by atoms with Crippen molar-refractivity contribution in [3.05, 3.63) is 29.3 Å². The third-order valence-corrected chi connectivity index (χ3v) is 5.69. The van der Waals surface area contributed by atoms with Gasteiger partial charge in [-0.2, -0.15) is 11.8 Å². The summed E-state index contributed by atoms with van der Waals surface area (Å²) in [5.41, 5.74) is 3.20. The number of benzene rings is 1. The lowest BCUT2D eigenvalue weighted by Crippen LogP contribution is -2.34. The van der Waals surface area contributed by atoms with E-state index in [0.29, 0.717) is 6.04 Å². The Kier molecular flexibility index (Phi) is 4.73. The Morgan fingerprint density at radius 1 is 1.43 bits per heavy atom. The average Bonchev–Trinajstić information content (AvgIpc) is 2.94. The fourth-order valence-electron chi connectivity index (χ4n) is 3.44. The number of thioether (sulfide) groups is 1. The van der Waals surface area contributed by atoms with E-state index < -0.39 is 0 Å². The molecular weight excluding hydrogens is 280 g/mol. The summed E-state index contributed by atoms with van der Waals surface area (Å²) in [5.74, 6) is 1.28. The third-order valence-electron chi connectivity index (χ3n) is 4.46. The number of fused-ring (bicyclic) bond motifs is 1. The summed E-state index contributed by atoms with van der Waals surface area (Å²) < 4.78 is 0. The first-order chi connectivity index (χ1) is 10.3. The number of nitrogens with one attached hydrogen (secondary N) is 2. The van der Waals surface area contributed by atoms with Gasteiger partial charge in [0.25, 0.3) is 5.91 Å². The second kappa shape index (κ2) is 6.73. The van der Waals surface area contributed by atoms with Crippen molar-refractivity contribution in [3.63, 3.8) is 0 Å². The largest absolute Gasteiger partial charge is 0.385 e. The molecule has 1 aliphatic carbocycles. The van der Waals surface area contributed by atoms with Gasteiger partial charge in [0.1, 0.15) is 0 Å². The smallest absolute Gasteiger partial charge is 0.251 e. The highest BCUT2D eigenvalue weighted by molar-refractivity contribution is 7.99. The summed E-state index contributed by atoms with van der Waals surface area (Å²) in [4.78, 5) is 12.6. The first-order valence-electron chi connectivity index (χ1n) is 8.06. The van der Waals surface area contributed by atoms with Crippen molar-refractivity contribution in [1.82, 2.24) is 5.32 Å². The van der Waals surface area contributed by atoms with Crippen LogP contribution in [0.15, 0.2) is 18.2 Å². The van der Waals surface area contributed by atoms with Gasteiger partial charge in [-0.05, 0) is 55.6 Å². The molecule has 0 bridgehead atoms. The molecule has 3 nitrogen and oxygen atoms in total. The Morgan fingerprint density at radius 3 is 3.19 bits per heavy atom. The van der Waals surface area contributed by atoms with Crippen LogP contribution in [0, 0.1) is 0 Å². The van der Waals surface area contributed by atoms with Gasteiger partial charge in [0, 0.05) is 29.1 Å². The van der Waals surface area contributed by atoms with E-state index in [1.165, 1.54) is 17.7 Å². The molecule has 1 aromatic carbocycles. The second-order valence-corrected chi connectivity index (χ2v) is 7.50. The summed E-state index contributed by atoms with van der Waals surface area (Å²) >= 11 is 2.03. The van der Waals surface area contributed by atoms with Crippen LogP contribution in [0.25, 0.3) is 0 Å². The lowest BCUT2D eigenvalue weighted by atomic mass is 9.97. The molecule has 0 spiro atoms. The minimum Gasteiger partial charge on any atom is -0.385 e. The quantitative estimate of drug-likeness (QED) is 0.895. The number of rotatable bonds is 4. The van der Waals surface area contributed by atoms with Crippen LogP contribution in [0.3, 0.4) is 0 Å². The van der Waals surface area contributed by atoms with Crippen LogP contribution in [0.1, 0.15) is 48.5 Å². The molecule has 1 saturated carbocycles. The monoisotopic (exact) mass is 304 g/mol. The van der Waals surface area contributed by atoms with E-state index in [9.17, 15) is 4.79 Å². The fourth-order valence-corrected chi connectivity index (χ4v) is 4.59. The molecule has 3 rings (SSSR count). The number of amides is 1. The summed E-state index contributed by atoms with van der Waals surface area (Å²) in [6.45, 7) is 3.22. The van der Waals surface area contributed by atoms with E-state index in [4.69, 9.17) is 0 Å². The molecule has 2 aliphatic rings. The summed E-state index contributed by atoms with van der Waals surface area (Å²) in [5, 5.41) is 7.37. The highest BCUT2D eigenvalue weighted by Crippen LogP contribution is 2.30. The molecule has 1 heterocycles. The van der Waals surface area contributed by atoms with Crippen molar-refractivity contribution in [2.45, 2.75) is 50.3 Å². The molecular formula is C17H24N2OS. The van der Waals surface area contributed by atoms with Gasteiger partial charge in [-0.3, -0.25) is 4.79 Å². The zero-order valence-corrected chi connectivity index (χ0v) is 13.5. The number of hydrogen-bond acceptors (Lipinski definition) is 3. The molecule has 21 heavy (non-hydrogen) atoms. The van der Waals surface area contributed by atoms with E-state index in [1.807, 2.05) is 23.9 Å². The zero-order valence-electron chi connectivity index (χ0n) is 12.7. The maximum atomic E-state index is 12.6. The highest BCUT2D eigenvalue weighted by atomic mass is 32.2. The Balaban J connectivity index is 1.66. The molecule has 114 valence electrons. The van der Waals surface area contributed by atoms with Crippen LogP contribution in [-0.2, 0) is 6.42 Å². The molecule has 2 atom stereocenters. The SMILES string of the molecule is CCSC1CCC(NC(=O)c2cccc3c2CCCN3)C1. The second-order valence-electron chi connectivity index (χ2n) is 5.92. The van der Waals surface area contributed by atoms with E-state index in [2.05, 4.69) is 23.6 Å². The first kappa shape index (κ1) is 14.8. The molecule has 1 amide bonds. The third kappa shape index (κ3) is 3.37. The van der Waals surface area contributed by atoms with Crippen LogP contribution >= 0.6 is 11.8 Å². The van der Waals surface area contributed by atoms with Crippen LogP contribution in [0.4, 0.5) is 5.69 Å². The van der Waals surface area contributed by atoms with Gasteiger partial charge in [-0.1, -0.05) is 13.0 Å². The summed E-state index contributed by atoms with van der Waals surface area (Å²) in [7, 11) is 0. The molecule has 4 heteroatoms. The van der Waals surface area contributed by atoms with Crippen LogP contribution in [0.5, 0.6) is 0 Å². The van der Waals surface area contributed by atoms with E-state index in [1.54, 1.807) is 0 Å². The van der Waals surface area contributed by atoms with Gasteiger partial charge in [-0.25, -0.2) is 0 Å². The normalized spacial score (nSPS) is 24.2. The Bertz CT molecular complexity index is 518. The predicted octanol–water partition coefficient (Wildman–Crippen LogP) is 3.45. The molecule has 1 fully saturated rings. The predicted molar refractivity (Wildman–Crippen MR) is 90.3 cm³/mol. The van der Waals surface area contributed by atoms with Crippen LogP contribution in [-0.4, -0.2) is 29.5 Å². The Morgan fingerprint density at radius 2 is 2.33 bits per heavy atom. The molecule has 1 aliphatic heterocycles. The topological polar surface area (TPSA) is 41.1 Å². The van der Waals surface area contributed by atoms with Crippen LogP contribution < -0.4 is 10.6 Å². The van der Waals surface area contributed by atoms with E-state index in [-0.39, 0.29) is 5.91 Å². The van der Waals surface area contributed by atoms with Gasteiger partial charge < -0.3 is 10.6 Å². The molecule has 0 radical (unpaired) electrons. The van der Waals surface area contributed by atoms with Crippen molar-refractivity contribution in [3.8, 4) is 0 Å². The molecule has 1 aromatic rings. The number of hydrogen-bond donors (Lipinski definition) is 2. The van der Waals surface area contributed by atoms with Gasteiger partial charge in [0.05, 0.1) is 0 Å². The first-order valence-corrected chi connectivity index (χ1v) is 9.11. The average molecular weight is 304 g/mol. The van der Waals surface area contributed by atoms with Gasteiger partial charge in [-0.15, -0.1) is 0 Å². The van der Waals surface area contributed by atoms with Crippen molar-refractivity contribution < 1.29 is 4.79 Å². The fraction of sp³-hybridized carbons (Fsp3) is 0.588. The lowest BCUT2D eigenvalue weighted by Gasteiger charge is -2.21. The summed E-state index contributed by atoms with van der Waals surface area (Å²) in [6, 6.07) is 6.38. The van der Waals surface area contributed by atoms with E-state index in [0.717, 1.165) is 48.7 Å². The maximum Gasteiger partial charge on any atom is 0.251 e. The van der Waals surface area contributed by atoms with Gasteiger partial charge in [0.2, 0.25) is 0 Å². The number of carbonyl (C=O) groups is 1. The van der Waals surface area contributed by atoms with Crippen molar-refractivity contribution in [2.75, 3.05) is 17.6 Å². The highest BCUT2D eigenvalue weighted by Gasteiger charge is 2.27. The molecule has 0 aromatic heterocycles. The lowest BCUT2D eigenvalue weighted by molar-refractivity contribution is 0.0937. The van der Waals surface area contributed by atoms with Crippen molar-refractivity contribution in [2.24, 2.45) is 0 Å². The minimum absolute atomic E-state index is 0.114. The number of carbonyl (C=O) groups excluding carboxylic acids is 1. The maximum absolute atomic E-state index is 12.6. The Labute approximate surface area is 131 Å². The van der Waals surface area contributed by atoms with Crippen LogP contribution in [0.2, 0.25) is 0 Å². The molecule has 2 N–H and O–H groups in total. The number of anilines is 1. The molecule has 0 saturated heterocycles. The Hall–Kier alpha value is -1.16. The van der Waals surface area contributed by atoms with Crippen molar-refractivity contribution in [1.29, 1.82) is 0 Å². The van der Waals surface area contributed by atoms with Crippen molar-refractivity contribution >= 4 is 23.4 Å². The summed E-state index contributed by atoms with van der Waals surface area (Å²) in [6.07, 6.45) is 5.59. The standard InChI is InChI=1S/C17H24N2OS/c1-2-21-13-9-8-12(11-13)19-17(20)15-5-3-7-16-14(15)6-4-10-18-16/h3,5,7,12-13,18H,2,4,6,8-11H2,1H3,(H,19,20). The van der Waals surface area contributed by atoms with Gasteiger partial charge in [0.15, 0.2) is 0 Å². The van der Waals surface area contributed by atoms with Gasteiger partial charge >= 0.3 is 0 Å². The minimum atomic E-state index is 0.114.